The summed E-state index contributed by atoms with van der Waals surface area (Å²) in [5.41, 5.74) is 4.58. The highest BCUT2D eigenvalue weighted by Gasteiger charge is 2.29. The minimum atomic E-state index is 0. The van der Waals surface area contributed by atoms with Gasteiger partial charge in [-0.3, -0.25) is 4.90 Å². The molecule has 2 aliphatic heterocycles. The average molecular weight is 379 g/mol. The topological polar surface area (TPSA) is 6.48 Å². The molecule has 1 unspecified atom stereocenters. The molecule has 0 aliphatic carbocycles. The molecule has 1 fully saturated rings. The molecule has 136 valence electrons. The fourth-order valence-corrected chi connectivity index (χ4v) is 4.07. The highest BCUT2D eigenvalue weighted by molar-refractivity contribution is 5.85. The van der Waals surface area contributed by atoms with E-state index in [9.17, 15) is 0 Å². The molecular formula is C21H28Cl2N2. The van der Waals surface area contributed by atoms with E-state index in [0.717, 1.165) is 12.6 Å². The zero-order valence-corrected chi connectivity index (χ0v) is 16.3. The largest absolute Gasteiger partial charge is 0.300 e. The van der Waals surface area contributed by atoms with Crippen LogP contribution in [0.15, 0.2) is 54.6 Å². The van der Waals surface area contributed by atoms with Gasteiger partial charge >= 0.3 is 0 Å². The number of hydrogen-bond donors (Lipinski definition) is 0. The summed E-state index contributed by atoms with van der Waals surface area (Å²) in [4.78, 5) is 5.38. The van der Waals surface area contributed by atoms with Crippen LogP contribution < -0.4 is 0 Å². The molecule has 2 nitrogen and oxygen atoms in total. The summed E-state index contributed by atoms with van der Waals surface area (Å²) in [6, 6.07) is 20.6. The van der Waals surface area contributed by atoms with Gasteiger partial charge in [-0.15, -0.1) is 24.8 Å². The van der Waals surface area contributed by atoms with Gasteiger partial charge < -0.3 is 4.90 Å². The van der Waals surface area contributed by atoms with Crippen molar-refractivity contribution in [3.8, 4) is 0 Å². The minimum absolute atomic E-state index is 0. The van der Waals surface area contributed by atoms with Crippen LogP contribution in [0.2, 0.25) is 0 Å². The molecule has 0 amide bonds. The number of aryl methyl sites for hydroxylation is 1. The van der Waals surface area contributed by atoms with Crippen molar-refractivity contribution >= 4 is 24.8 Å². The van der Waals surface area contributed by atoms with Gasteiger partial charge in [0.05, 0.1) is 0 Å². The Morgan fingerprint density at radius 3 is 2.36 bits per heavy atom. The highest BCUT2D eigenvalue weighted by atomic mass is 35.5. The second kappa shape index (κ2) is 9.59. The van der Waals surface area contributed by atoms with Crippen LogP contribution in [0.5, 0.6) is 0 Å². The number of nitrogens with zero attached hydrogens (tertiary/aromatic N) is 2. The molecule has 0 radical (unpaired) electrons. The van der Waals surface area contributed by atoms with Gasteiger partial charge in [-0.1, -0.05) is 54.6 Å². The summed E-state index contributed by atoms with van der Waals surface area (Å²) in [7, 11) is 0. The molecule has 0 N–H and O–H groups in total. The summed E-state index contributed by atoms with van der Waals surface area (Å²) in [6.45, 7) is 6.01. The third-order valence-electron chi connectivity index (χ3n) is 5.49. The summed E-state index contributed by atoms with van der Waals surface area (Å²) in [5, 5.41) is 0. The number of benzene rings is 2. The predicted octanol–water partition coefficient (Wildman–Crippen LogP) is 4.21. The summed E-state index contributed by atoms with van der Waals surface area (Å²) < 4.78 is 0. The normalized spacial score (nSPS) is 20.4. The number of hydrogen-bond acceptors (Lipinski definition) is 2. The van der Waals surface area contributed by atoms with Crippen LogP contribution in [0, 0.1) is 0 Å². The molecule has 2 aromatic rings. The Kier molecular flexibility index (Phi) is 7.77. The van der Waals surface area contributed by atoms with E-state index in [1.54, 1.807) is 11.1 Å². The van der Waals surface area contributed by atoms with E-state index < -0.39 is 0 Å². The van der Waals surface area contributed by atoms with Gasteiger partial charge in [-0.2, -0.15) is 0 Å². The van der Waals surface area contributed by atoms with E-state index in [-0.39, 0.29) is 24.8 Å². The van der Waals surface area contributed by atoms with Crippen molar-refractivity contribution in [3.05, 3.63) is 71.3 Å². The van der Waals surface area contributed by atoms with Gasteiger partial charge in [-0.25, -0.2) is 0 Å². The third kappa shape index (κ3) is 4.98. The van der Waals surface area contributed by atoms with E-state index in [2.05, 4.69) is 64.4 Å². The minimum Gasteiger partial charge on any atom is -0.300 e. The lowest BCUT2D eigenvalue weighted by molar-refractivity contribution is 0.0681. The van der Waals surface area contributed by atoms with Crippen molar-refractivity contribution in [2.75, 3.05) is 26.2 Å². The molecule has 25 heavy (non-hydrogen) atoms. The smallest absolute Gasteiger partial charge is 0.0240 e. The summed E-state index contributed by atoms with van der Waals surface area (Å²) >= 11 is 0. The van der Waals surface area contributed by atoms with Gasteiger partial charge in [0.2, 0.25) is 0 Å². The Labute approximate surface area is 164 Å². The highest BCUT2D eigenvalue weighted by Crippen LogP contribution is 2.25. The SMILES string of the molecule is Cl.Cl.c1ccc(CCN2CCN3Cc4ccccc4CCC3C2)cc1. The predicted molar refractivity (Wildman–Crippen MR) is 110 cm³/mol. The molecule has 4 rings (SSSR count). The van der Waals surface area contributed by atoms with Crippen LogP contribution >= 0.6 is 24.8 Å². The lowest BCUT2D eigenvalue weighted by Gasteiger charge is -2.40. The number of rotatable bonds is 3. The van der Waals surface area contributed by atoms with Crippen LogP contribution in [0.25, 0.3) is 0 Å². The molecule has 2 heterocycles. The lowest BCUT2D eigenvalue weighted by atomic mass is 10.0. The van der Waals surface area contributed by atoms with Crippen LogP contribution in [0.4, 0.5) is 0 Å². The molecule has 0 spiro atoms. The lowest BCUT2D eigenvalue weighted by Crippen LogP contribution is -2.52. The van der Waals surface area contributed by atoms with Crippen molar-refractivity contribution in [1.29, 1.82) is 0 Å². The van der Waals surface area contributed by atoms with Crippen LogP contribution in [0.1, 0.15) is 23.1 Å². The molecule has 1 atom stereocenters. The van der Waals surface area contributed by atoms with Gasteiger partial charge in [0, 0.05) is 38.8 Å². The van der Waals surface area contributed by atoms with Gasteiger partial charge in [0.1, 0.15) is 0 Å². The maximum absolute atomic E-state index is 2.71. The van der Waals surface area contributed by atoms with E-state index in [0.29, 0.717) is 0 Å². The maximum Gasteiger partial charge on any atom is 0.0240 e. The van der Waals surface area contributed by atoms with Gasteiger partial charge in [0.25, 0.3) is 0 Å². The fourth-order valence-electron chi connectivity index (χ4n) is 4.07. The fraction of sp³-hybridized carbons (Fsp3) is 0.429. The Balaban J connectivity index is 0.00000113. The Bertz CT molecular complexity index is 647. The quantitative estimate of drug-likeness (QED) is 0.789. The van der Waals surface area contributed by atoms with E-state index in [1.165, 1.54) is 51.0 Å². The van der Waals surface area contributed by atoms with Crippen molar-refractivity contribution in [2.24, 2.45) is 0 Å². The first-order valence-electron chi connectivity index (χ1n) is 8.95. The molecular weight excluding hydrogens is 351 g/mol. The molecule has 2 aliphatic rings. The first-order chi connectivity index (χ1) is 11.4. The van der Waals surface area contributed by atoms with Crippen molar-refractivity contribution in [1.82, 2.24) is 9.80 Å². The van der Waals surface area contributed by atoms with Crippen molar-refractivity contribution in [2.45, 2.75) is 31.8 Å². The van der Waals surface area contributed by atoms with E-state index in [4.69, 9.17) is 0 Å². The Morgan fingerprint density at radius 1 is 0.840 bits per heavy atom. The van der Waals surface area contributed by atoms with Gasteiger partial charge in [-0.05, 0) is 36.0 Å². The third-order valence-corrected chi connectivity index (χ3v) is 5.49. The first kappa shape index (κ1) is 20.3. The summed E-state index contributed by atoms with van der Waals surface area (Å²) in [6.07, 6.45) is 3.72. The molecule has 0 aromatic heterocycles. The van der Waals surface area contributed by atoms with E-state index in [1.807, 2.05) is 0 Å². The van der Waals surface area contributed by atoms with Crippen molar-refractivity contribution in [3.63, 3.8) is 0 Å². The van der Waals surface area contributed by atoms with Crippen LogP contribution in [-0.4, -0.2) is 42.0 Å². The Hall–Kier alpha value is -1.06. The molecule has 0 saturated carbocycles. The van der Waals surface area contributed by atoms with E-state index >= 15 is 0 Å². The molecule has 2 aromatic carbocycles. The second-order valence-corrected chi connectivity index (χ2v) is 6.97. The number of fused-ring (bicyclic) bond motifs is 2. The number of halogens is 2. The van der Waals surface area contributed by atoms with Crippen LogP contribution in [-0.2, 0) is 19.4 Å². The monoisotopic (exact) mass is 378 g/mol. The molecule has 4 heteroatoms. The summed E-state index contributed by atoms with van der Waals surface area (Å²) in [5.74, 6) is 0. The zero-order chi connectivity index (χ0) is 15.5. The second-order valence-electron chi connectivity index (χ2n) is 6.97. The maximum atomic E-state index is 2.71. The Morgan fingerprint density at radius 2 is 1.56 bits per heavy atom. The number of piperazine rings is 1. The molecule has 1 saturated heterocycles. The van der Waals surface area contributed by atoms with Gasteiger partial charge in [0.15, 0.2) is 0 Å². The zero-order valence-electron chi connectivity index (χ0n) is 14.6. The standard InChI is InChI=1S/C21H26N2.2ClH/c1-2-6-18(7-3-1)12-13-22-14-15-23-16-20-9-5-4-8-19(20)10-11-21(23)17-22;;/h1-9,21H,10-17H2;2*1H. The van der Waals surface area contributed by atoms with Crippen LogP contribution in [0.3, 0.4) is 0 Å². The first-order valence-corrected chi connectivity index (χ1v) is 8.95. The molecule has 0 bridgehead atoms. The average Bonchev–Trinajstić information content (AvgIpc) is 2.80. The van der Waals surface area contributed by atoms with Crippen molar-refractivity contribution < 1.29 is 0 Å².